The average Bonchev–Trinajstić information content (AvgIpc) is 2.47. The van der Waals surface area contributed by atoms with Crippen LogP contribution in [0, 0.1) is 5.92 Å². The Bertz CT molecular complexity index is 492. The Labute approximate surface area is 124 Å². The molecule has 2 atom stereocenters. The van der Waals surface area contributed by atoms with Crippen LogP contribution >= 0.6 is 0 Å². The predicted molar refractivity (Wildman–Crippen MR) is 77.9 cm³/mol. The molecule has 21 heavy (non-hydrogen) atoms. The fraction of sp³-hybridized carbons (Fsp3) is 0.533. The molecule has 1 aromatic heterocycles. The number of carboxylic acids is 1. The molecular weight excluding hydrogens is 270 g/mol. The lowest BCUT2D eigenvalue weighted by Gasteiger charge is -2.37. The monoisotopic (exact) mass is 291 g/mol. The van der Waals surface area contributed by atoms with Crippen molar-refractivity contribution in [1.29, 1.82) is 0 Å². The zero-order valence-electron chi connectivity index (χ0n) is 12.2. The van der Waals surface area contributed by atoms with Gasteiger partial charge in [-0.3, -0.25) is 4.98 Å². The highest BCUT2D eigenvalue weighted by Gasteiger charge is 2.36. The summed E-state index contributed by atoms with van der Waals surface area (Å²) in [5.41, 5.74) is 1.09. The molecule has 2 rings (SSSR count). The zero-order valence-corrected chi connectivity index (χ0v) is 12.2. The number of piperidine rings is 1. The Hall–Kier alpha value is -2.11. The molecule has 0 aromatic carbocycles. The highest BCUT2D eigenvalue weighted by molar-refractivity contribution is 5.83. The summed E-state index contributed by atoms with van der Waals surface area (Å²) in [7, 11) is 0. The SMILES string of the molecule is CC1CCCN(C(=O)NCCc2ccncc2)C1C(=O)O. The van der Waals surface area contributed by atoms with Gasteiger partial charge in [-0.2, -0.15) is 0 Å². The fourth-order valence-electron chi connectivity index (χ4n) is 2.76. The van der Waals surface area contributed by atoms with Crippen molar-refractivity contribution in [1.82, 2.24) is 15.2 Å². The summed E-state index contributed by atoms with van der Waals surface area (Å²) >= 11 is 0. The molecule has 6 heteroatoms. The van der Waals surface area contributed by atoms with Gasteiger partial charge in [-0.05, 0) is 42.9 Å². The van der Waals surface area contributed by atoms with Crippen molar-refractivity contribution in [3.05, 3.63) is 30.1 Å². The van der Waals surface area contributed by atoms with Gasteiger partial charge in [-0.15, -0.1) is 0 Å². The predicted octanol–water partition coefficient (Wildman–Crippen LogP) is 1.52. The third-order valence-electron chi connectivity index (χ3n) is 3.89. The van der Waals surface area contributed by atoms with Crippen LogP contribution in [0.25, 0.3) is 0 Å². The molecule has 1 aliphatic rings. The van der Waals surface area contributed by atoms with E-state index in [0.29, 0.717) is 19.5 Å². The first-order valence-corrected chi connectivity index (χ1v) is 7.26. The third kappa shape index (κ3) is 3.93. The molecule has 2 unspecified atom stereocenters. The van der Waals surface area contributed by atoms with Crippen molar-refractivity contribution >= 4 is 12.0 Å². The Morgan fingerprint density at radius 2 is 2.14 bits per heavy atom. The minimum absolute atomic E-state index is 0.0119. The van der Waals surface area contributed by atoms with Crippen LogP contribution < -0.4 is 5.32 Å². The van der Waals surface area contributed by atoms with E-state index in [1.807, 2.05) is 19.1 Å². The standard InChI is InChI=1S/C15H21N3O3/c1-11-3-2-10-18(13(11)14(19)20)15(21)17-9-6-12-4-7-16-8-5-12/h4-5,7-8,11,13H,2-3,6,9-10H2,1H3,(H,17,21)(H,19,20). The number of aliphatic carboxylic acids is 1. The number of likely N-dealkylation sites (tertiary alicyclic amines) is 1. The Balaban J connectivity index is 1.88. The lowest BCUT2D eigenvalue weighted by molar-refractivity contribution is -0.145. The van der Waals surface area contributed by atoms with Crippen LogP contribution in [0.5, 0.6) is 0 Å². The fourth-order valence-corrected chi connectivity index (χ4v) is 2.76. The topological polar surface area (TPSA) is 82.5 Å². The van der Waals surface area contributed by atoms with E-state index in [9.17, 15) is 14.7 Å². The summed E-state index contributed by atoms with van der Waals surface area (Å²) in [6, 6.07) is 2.78. The number of hydrogen-bond acceptors (Lipinski definition) is 3. The van der Waals surface area contributed by atoms with Crippen molar-refractivity contribution in [2.45, 2.75) is 32.2 Å². The van der Waals surface area contributed by atoms with Gasteiger partial charge in [0, 0.05) is 25.5 Å². The quantitative estimate of drug-likeness (QED) is 0.881. The number of carbonyl (C=O) groups is 2. The molecule has 1 fully saturated rings. The second kappa shape index (κ2) is 7.06. The normalized spacial score (nSPS) is 21.9. The molecule has 1 aliphatic heterocycles. The second-order valence-electron chi connectivity index (χ2n) is 5.43. The lowest BCUT2D eigenvalue weighted by atomic mass is 9.91. The largest absolute Gasteiger partial charge is 0.480 e. The summed E-state index contributed by atoms with van der Waals surface area (Å²) in [6.07, 6.45) is 5.82. The molecule has 1 saturated heterocycles. The molecule has 2 amide bonds. The van der Waals surface area contributed by atoms with Crippen molar-refractivity contribution in [3.8, 4) is 0 Å². The van der Waals surface area contributed by atoms with Gasteiger partial charge >= 0.3 is 12.0 Å². The smallest absolute Gasteiger partial charge is 0.326 e. The first-order valence-electron chi connectivity index (χ1n) is 7.26. The minimum Gasteiger partial charge on any atom is -0.480 e. The molecule has 1 aromatic rings. The van der Waals surface area contributed by atoms with E-state index < -0.39 is 12.0 Å². The van der Waals surface area contributed by atoms with E-state index in [0.717, 1.165) is 18.4 Å². The number of amides is 2. The van der Waals surface area contributed by atoms with E-state index in [1.54, 1.807) is 12.4 Å². The van der Waals surface area contributed by atoms with Crippen LogP contribution in [-0.2, 0) is 11.2 Å². The van der Waals surface area contributed by atoms with Crippen molar-refractivity contribution in [3.63, 3.8) is 0 Å². The summed E-state index contributed by atoms with van der Waals surface area (Å²) < 4.78 is 0. The first-order chi connectivity index (χ1) is 10.1. The summed E-state index contributed by atoms with van der Waals surface area (Å²) in [4.78, 5) is 28.9. The molecule has 2 N–H and O–H groups in total. The van der Waals surface area contributed by atoms with Crippen molar-refractivity contribution < 1.29 is 14.7 Å². The van der Waals surface area contributed by atoms with Gasteiger partial charge in [0.15, 0.2) is 0 Å². The molecule has 0 spiro atoms. The number of hydrogen-bond donors (Lipinski definition) is 2. The van der Waals surface area contributed by atoms with Gasteiger partial charge in [-0.1, -0.05) is 6.92 Å². The number of nitrogens with one attached hydrogen (secondary N) is 1. The van der Waals surface area contributed by atoms with E-state index in [-0.39, 0.29) is 11.9 Å². The number of carbonyl (C=O) groups excluding carboxylic acids is 1. The van der Waals surface area contributed by atoms with Crippen LogP contribution in [0.1, 0.15) is 25.3 Å². The molecule has 114 valence electrons. The van der Waals surface area contributed by atoms with Crippen LogP contribution in [0.4, 0.5) is 4.79 Å². The Morgan fingerprint density at radius 1 is 1.43 bits per heavy atom. The van der Waals surface area contributed by atoms with Crippen molar-refractivity contribution in [2.24, 2.45) is 5.92 Å². The van der Waals surface area contributed by atoms with Crippen LogP contribution in [0.3, 0.4) is 0 Å². The van der Waals surface area contributed by atoms with E-state index in [4.69, 9.17) is 0 Å². The molecular formula is C15H21N3O3. The summed E-state index contributed by atoms with van der Waals surface area (Å²) in [5.74, 6) is -0.936. The maximum Gasteiger partial charge on any atom is 0.326 e. The van der Waals surface area contributed by atoms with Crippen LogP contribution in [0.15, 0.2) is 24.5 Å². The lowest BCUT2D eigenvalue weighted by Crippen LogP contribution is -2.55. The zero-order chi connectivity index (χ0) is 15.2. The number of urea groups is 1. The van der Waals surface area contributed by atoms with E-state index in [1.165, 1.54) is 4.90 Å². The van der Waals surface area contributed by atoms with Gasteiger partial charge in [0.2, 0.25) is 0 Å². The van der Waals surface area contributed by atoms with Crippen LogP contribution in [0.2, 0.25) is 0 Å². The highest BCUT2D eigenvalue weighted by atomic mass is 16.4. The van der Waals surface area contributed by atoms with Gasteiger partial charge in [-0.25, -0.2) is 9.59 Å². The van der Waals surface area contributed by atoms with Gasteiger partial charge < -0.3 is 15.3 Å². The molecule has 0 radical (unpaired) electrons. The first kappa shape index (κ1) is 15.3. The molecule has 2 heterocycles. The molecule has 0 saturated carbocycles. The number of rotatable bonds is 4. The summed E-state index contributed by atoms with van der Waals surface area (Å²) in [5, 5.41) is 12.1. The number of carboxylic acid groups (broad SMARTS) is 1. The number of nitrogens with zero attached hydrogens (tertiary/aromatic N) is 2. The van der Waals surface area contributed by atoms with Gasteiger partial charge in [0.1, 0.15) is 6.04 Å². The van der Waals surface area contributed by atoms with Crippen LogP contribution in [-0.4, -0.2) is 46.1 Å². The van der Waals surface area contributed by atoms with Gasteiger partial charge in [0.25, 0.3) is 0 Å². The van der Waals surface area contributed by atoms with Crippen molar-refractivity contribution in [2.75, 3.05) is 13.1 Å². The molecule has 0 aliphatic carbocycles. The summed E-state index contributed by atoms with van der Waals surface area (Å²) in [6.45, 7) is 2.87. The Kier molecular flexibility index (Phi) is 5.14. The number of aromatic nitrogens is 1. The Morgan fingerprint density at radius 3 is 2.81 bits per heavy atom. The maximum absolute atomic E-state index is 12.2. The average molecular weight is 291 g/mol. The maximum atomic E-state index is 12.2. The number of pyridine rings is 1. The van der Waals surface area contributed by atoms with E-state index in [2.05, 4.69) is 10.3 Å². The highest BCUT2D eigenvalue weighted by Crippen LogP contribution is 2.23. The third-order valence-corrected chi connectivity index (χ3v) is 3.89. The second-order valence-corrected chi connectivity index (χ2v) is 5.43. The minimum atomic E-state index is -0.925. The molecule has 6 nitrogen and oxygen atoms in total. The molecule has 0 bridgehead atoms. The van der Waals surface area contributed by atoms with Gasteiger partial charge in [0.05, 0.1) is 0 Å². The van der Waals surface area contributed by atoms with E-state index >= 15 is 0 Å².